The molecule has 7 heteroatoms. The molecule has 1 fully saturated rings. The summed E-state index contributed by atoms with van der Waals surface area (Å²) in [4.78, 5) is 26.0. The molecule has 0 bridgehead atoms. The molecule has 6 nitrogen and oxygen atoms in total. The topological polar surface area (TPSA) is 83.6 Å². The van der Waals surface area contributed by atoms with Gasteiger partial charge in [-0.1, -0.05) is 28.9 Å². The van der Waals surface area contributed by atoms with E-state index in [1.165, 1.54) is 0 Å². The van der Waals surface area contributed by atoms with Crippen LogP contribution in [-0.4, -0.2) is 40.1 Å². The van der Waals surface area contributed by atoms with E-state index in [1.807, 2.05) is 12.1 Å². The molecular weight excluding hydrogens is 332 g/mol. The number of amides is 1. The van der Waals surface area contributed by atoms with Crippen LogP contribution in [0.4, 0.5) is 0 Å². The Kier molecular flexibility index (Phi) is 4.32. The van der Waals surface area contributed by atoms with Gasteiger partial charge in [0, 0.05) is 24.0 Å². The van der Waals surface area contributed by atoms with Crippen LogP contribution in [0.3, 0.4) is 0 Å². The van der Waals surface area contributed by atoms with Gasteiger partial charge in [-0.2, -0.15) is 0 Å². The maximum atomic E-state index is 12.8. The lowest BCUT2D eigenvalue weighted by molar-refractivity contribution is -0.141. The van der Waals surface area contributed by atoms with Crippen LogP contribution < -0.4 is 0 Å². The van der Waals surface area contributed by atoms with Crippen molar-refractivity contribution in [1.82, 2.24) is 10.1 Å². The first-order chi connectivity index (χ1) is 11.4. The molecule has 3 rings (SSSR count). The van der Waals surface area contributed by atoms with Crippen LogP contribution in [0.25, 0.3) is 0 Å². The van der Waals surface area contributed by atoms with Gasteiger partial charge in [0.25, 0.3) is 5.91 Å². The third-order valence-electron chi connectivity index (χ3n) is 4.47. The lowest BCUT2D eigenvalue weighted by Gasteiger charge is -2.16. The van der Waals surface area contributed by atoms with E-state index in [2.05, 4.69) is 5.16 Å². The first-order valence-corrected chi connectivity index (χ1v) is 7.96. The van der Waals surface area contributed by atoms with Gasteiger partial charge in [-0.25, -0.2) is 0 Å². The predicted molar refractivity (Wildman–Crippen MR) is 87.2 cm³/mol. The van der Waals surface area contributed by atoms with E-state index in [-0.39, 0.29) is 18.4 Å². The van der Waals surface area contributed by atoms with Crippen LogP contribution in [-0.2, 0) is 4.79 Å². The average Bonchev–Trinajstić information content (AvgIpc) is 3.12. The molecule has 2 aromatic rings. The largest absolute Gasteiger partial charge is 0.481 e. The van der Waals surface area contributed by atoms with Gasteiger partial charge in [-0.3, -0.25) is 9.59 Å². The second-order valence-corrected chi connectivity index (χ2v) is 6.45. The van der Waals surface area contributed by atoms with E-state index >= 15 is 0 Å². The number of likely N-dealkylation sites (tertiary alicyclic amines) is 1. The number of hydrogen-bond donors (Lipinski definition) is 1. The quantitative estimate of drug-likeness (QED) is 0.922. The lowest BCUT2D eigenvalue weighted by Crippen LogP contribution is -2.30. The molecule has 1 aliphatic rings. The number of rotatable bonds is 3. The standard InChI is InChI=1S/C17H17ClN2O4/c1-9-15(10(2)24-19-9)16(21)20-7-13(14(8-20)17(22)23)11-3-5-12(18)6-4-11/h3-6,13-14H,7-8H2,1-2H3,(H,22,23)/t13-,14+/m0/s1. The number of halogens is 1. The zero-order valence-corrected chi connectivity index (χ0v) is 14.1. The van der Waals surface area contributed by atoms with Gasteiger partial charge in [0.15, 0.2) is 0 Å². The fourth-order valence-electron chi connectivity index (χ4n) is 3.21. The summed E-state index contributed by atoms with van der Waals surface area (Å²) in [5.74, 6) is -1.64. The molecule has 1 aromatic carbocycles. The van der Waals surface area contributed by atoms with E-state index in [1.54, 1.807) is 30.9 Å². The number of hydrogen-bond acceptors (Lipinski definition) is 4. The first kappa shape index (κ1) is 16.5. The van der Waals surface area contributed by atoms with E-state index in [0.717, 1.165) is 5.56 Å². The van der Waals surface area contributed by atoms with Crippen LogP contribution in [0.5, 0.6) is 0 Å². The Bertz CT molecular complexity index is 765. The van der Waals surface area contributed by atoms with Crippen LogP contribution in [0.2, 0.25) is 5.02 Å². The number of aliphatic carboxylic acids is 1. The van der Waals surface area contributed by atoms with Crippen LogP contribution in [0, 0.1) is 19.8 Å². The monoisotopic (exact) mass is 348 g/mol. The highest BCUT2D eigenvalue weighted by Crippen LogP contribution is 2.34. The first-order valence-electron chi connectivity index (χ1n) is 7.59. The minimum absolute atomic E-state index is 0.158. The van der Waals surface area contributed by atoms with Gasteiger partial charge in [0.2, 0.25) is 0 Å². The second-order valence-electron chi connectivity index (χ2n) is 6.01. The molecule has 1 aliphatic heterocycles. The third kappa shape index (κ3) is 2.89. The molecule has 1 aromatic heterocycles. The van der Waals surface area contributed by atoms with Gasteiger partial charge < -0.3 is 14.5 Å². The van der Waals surface area contributed by atoms with Crippen LogP contribution in [0.1, 0.15) is 33.3 Å². The highest BCUT2D eigenvalue weighted by molar-refractivity contribution is 6.30. The Morgan fingerprint density at radius 1 is 1.25 bits per heavy atom. The number of aryl methyl sites for hydroxylation is 2. The number of benzene rings is 1. The Labute approximate surface area is 144 Å². The molecule has 0 saturated carbocycles. The van der Waals surface area contributed by atoms with E-state index in [0.29, 0.717) is 28.6 Å². The normalized spacial score (nSPS) is 20.4. The van der Waals surface area contributed by atoms with E-state index in [9.17, 15) is 14.7 Å². The van der Waals surface area contributed by atoms with Crippen molar-refractivity contribution in [3.8, 4) is 0 Å². The molecule has 2 atom stereocenters. The van der Waals surface area contributed by atoms with Gasteiger partial charge in [-0.05, 0) is 31.5 Å². The van der Waals surface area contributed by atoms with E-state index < -0.39 is 11.9 Å². The summed E-state index contributed by atoms with van der Waals surface area (Å²) in [6.45, 7) is 3.87. The maximum Gasteiger partial charge on any atom is 0.308 e. The minimum Gasteiger partial charge on any atom is -0.481 e. The lowest BCUT2D eigenvalue weighted by atomic mass is 9.89. The fraction of sp³-hybridized carbons (Fsp3) is 0.353. The molecule has 0 radical (unpaired) electrons. The highest BCUT2D eigenvalue weighted by Gasteiger charge is 2.41. The average molecular weight is 349 g/mol. The van der Waals surface area contributed by atoms with Crippen molar-refractivity contribution >= 4 is 23.5 Å². The molecule has 0 aliphatic carbocycles. The van der Waals surface area contributed by atoms with Crippen molar-refractivity contribution in [2.75, 3.05) is 13.1 Å². The molecule has 1 amide bonds. The van der Waals surface area contributed by atoms with Crippen molar-refractivity contribution in [2.45, 2.75) is 19.8 Å². The number of carbonyl (C=O) groups is 2. The Morgan fingerprint density at radius 2 is 1.92 bits per heavy atom. The van der Waals surface area contributed by atoms with Gasteiger partial charge >= 0.3 is 5.97 Å². The molecule has 0 spiro atoms. The van der Waals surface area contributed by atoms with Crippen molar-refractivity contribution in [3.63, 3.8) is 0 Å². The molecule has 1 N–H and O–H groups in total. The zero-order valence-electron chi connectivity index (χ0n) is 13.3. The summed E-state index contributed by atoms with van der Waals surface area (Å²) in [5.41, 5.74) is 1.79. The summed E-state index contributed by atoms with van der Waals surface area (Å²) in [7, 11) is 0. The van der Waals surface area contributed by atoms with Crippen molar-refractivity contribution < 1.29 is 19.2 Å². The SMILES string of the molecule is Cc1noc(C)c1C(=O)N1C[C@@H](C(=O)O)[C@H](c2ccc(Cl)cc2)C1. The van der Waals surface area contributed by atoms with Gasteiger partial charge in [0.1, 0.15) is 11.3 Å². The fourth-order valence-corrected chi connectivity index (χ4v) is 3.34. The third-order valence-corrected chi connectivity index (χ3v) is 4.72. The number of carboxylic acid groups (broad SMARTS) is 1. The van der Waals surface area contributed by atoms with Crippen LogP contribution in [0.15, 0.2) is 28.8 Å². The molecular formula is C17H17ClN2O4. The molecule has 1 saturated heterocycles. The van der Waals surface area contributed by atoms with Gasteiger partial charge in [-0.15, -0.1) is 0 Å². The van der Waals surface area contributed by atoms with Crippen molar-refractivity contribution in [1.29, 1.82) is 0 Å². The number of aromatic nitrogens is 1. The maximum absolute atomic E-state index is 12.8. The van der Waals surface area contributed by atoms with Crippen LogP contribution >= 0.6 is 11.6 Å². The Balaban J connectivity index is 1.89. The van der Waals surface area contributed by atoms with Gasteiger partial charge in [0.05, 0.1) is 11.6 Å². The predicted octanol–water partition coefficient (Wildman–Crippen LogP) is 2.89. The highest BCUT2D eigenvalue weighted by atomic mass is 35.5. The molecule has 2 heterocycles. The summed E-state index contributed by atoms with van der Waals surface area (Å²) in [5, 5.41) is 13.9. The van der Waals surface area contributed by atoms with Crippen molar-refractivity contribution in [3.05, 3.63) is 51.9 Å². The Hall–Kier alpha value is -2.34. The number of carbonyl (C=O) groups excluding carboxylic acids is 1. The summed E-state index contributed by atoms with van der Waals surface area (Å²) in [6.07, 6.45) is 0. The van der Waals surface area contributed by atoms with Crippen molar-refractivity contribution in [2.24, 2.45) is 5.92 Å². The summed E-state index contributed by atoms with van der Waals surface area (Å²) >= 11 is 5.90. The molecule has 0 unspecified atom stereocenters. The number of carboxylic acids is 1. The summed E-state index contributed by atoms with van der Waals surface area (Å²) < 4.78 is 5.05. The Morgan fingerprint density at radius 3 is 2.46 bits per heavy atom. The number of nitrogens with zero attached hydrogens (tertiary/aromatic N) is 2. The zero-order chi connectivity index (χ0) is 17.4. The summed E-state index contributed by atoms with van der Waals surface area (Å²) in [6, 6.07) is 7.09. The molecule has 24 heavy (non-hydrogen) atoms. The smallest absolute Gasteiger partial charge is 0.308 e. The molecule has 126 valence electrons. The minimum atomic E-state index is -0.913. The van der Waals surface area contributed by atoms with E-state index in [4.69, 9.17) is 16.1 Å². The second kappa shape index (κ2) is 6.28.